The number of Topliss-reactive ketones (excluding diaryl/α,β-unsaturated/α-hetero) is 1. The Labute approximate surface area is 190 Å². The number of hydrogen-bond acceptors (Lipinski definition) is 3. The first-order valence-electron chi connectivity index (χ1n) is 8.51. The van der Waals surface area contributed by atoms with Crippen molar-refractivity contribution in [2.75, 3.05) is 0 Å². The number of aryl methyl sites for hydroxylation is 1. The van der Waals surface area contributed by atoms with Crippen LogP contribution in [0.5, 0.6) is 5.88 Å². The number of ketones is 1. The predicted molar refractivity (Wildman–Crippen MR) is 96.8 cm³/mol. The molecule has 1 N–H and O–H groups in total. The zero-order chi connectivity index (χ0) is 23.8. The van der Waals surface area contributed by atoms with E-state index < -0.39 is 57.9 Å². The molecule has 1 aromatic heterocycles. The zero-order valence-electron chi connectivity index (χ0n) is 17.0. The molecule has 0 aliphatic carbocycles. The van der Waals surface area contributed by atoms with Crippen molar-refractivity contribution in [2.45, 2.75) is 26.9 Å². The summed E-state index contributed by atoms with van der Waals surface area (Å²) in [7, 11) is 0. The SMILES string of the molecule is C=C/C(=C\C(C)=C/C)C(=O)c1c(C)nn(-c2c(F)c(F)c(C(F)(F)F)c(F)c2F)c1O.[Zn]. The van der Waals surface area contributed by atoms with Crippen molar-refractivity contribution < 1.29 is 60.1 Å². The van der Waals surface area contributed by atoms with Crippen LogP contribution in [0.3, 0.4) is 0 Å². The van der Waals surface area contributed by atoms with Crippen LogP contribution in [0, 0.1) is 30.2 Å². The minimum Gasteiger partial charge on any atom is -0.493 e. The topological polar surface area (TPSA) is 55.1 Å². The van der Waals surface area contributed by atoms with Gasteiger partial charge < -0.3 is 5.11 Å². The Morgan fingerprint density at radius 3 is 2.00 bits per heavy atom. The minimum atomic E-state index is -5.73. The van der Waals surface area contributed by atoms with E-state index in [9.17, 15) is 40.6 Å². The van der Waals surface area contributed by atoms with Gasteiger partial charge in [0.2, 0.25) is 5.88 Å². The van der Waals surface area contributed by atoms with E-state index in [1.54, 1.807) is 19.9 Å². The first kappa shape index (κ1) is 27.3. The van der Waals surface area contributed by atoms with Gasteiger partial charge in [0.1, 0.15) is 16.8 Å². The molecule has 0 aliphatic heterocycles. The molecular weight excluding hydrogens is 499 g/mol. The molecule has 12 heteroatoms. The van der Waals surface area contributed by atoms with Crippen molar-refractivity contribution in [2.24, 2.45) is 0 Å². The van der Waals surface area contributed by atoms with Crippen LogP contribution in [0.4, 0.5) is 30.7 Å². The molecule has 1 aromatic carbocycles. The second-order valence-electron chi connectivity index (χ2n) is 6.34. The zero-order valence-corrected chi connectivity index (χ0v) is 20.0. The molecule has 0 atom stereocenters. The molecule has 2 aromatic rings. The van der Waals surface area contributed by atoms with Crippen LogP contribution in [0.2, 0.25) is 0 Å². The predicted octanol–water partition coefficient (Wildman–Crippen LogP) is 5.72. The number of alkyl halides is 3. The van der Waals surface area contributed by atoms with Crippen molar-refractivity contribution in [1.29, 1.82) is 0 Å². The van der Waals surface area contributed by atoms with Crippen molar-refractivity contribution >= 4 is 5.78 Å². The summed E-state index contributed by atoms with van der Waals surface area (Å²) < 4.78 is 94.7. The number of aromatic hydroxyl groups is 1. The molecule has 168 valence electrons. The molecule has 0 saturated carbocycles. The molecule has 2 rings (SSSR count). The summed E-state index contributed by atoms with van der Waals surface area (Å²) in [5.41, 5.74) is -4.86. The van der Waals surface area contributed by atoms with Crippen molar-refractivity contribution in [1.82, 2.24) is 9.78 Å². The normalized spacial score (nSPS) is 12.6. The van der Waals surface area contributed by atoms with E-state index in [4.69, 9.17) is 0 Å². The van der Waals surface area contributed by atoms with Gasteiger partial charge >= 0.3 is 6.18 Å². The van der Waals surface area contributed by atoms with Gasteiger partial charge in [0.25, 0.3) is 0 Å². The Hall–Kier alpha value is -2.75. The molecule has 0 spiro atoms. The van der Waals surface area contributed by atoms with Crippen molar-refractivity contribution in [3.8, 4) is 11.6 Å². The van der Waals surface area contributed by atoms with Crippen molar-refractivity contribution in [3.63, 3.8) is 0 Å². The van der Waals surface area contributed by atoms with Crippen LogP contribution in [-0.4, -0.2) is 20.7 Å². The van der Waals surface area contributed by atoms with Gasteiger partial charge in [-0.25, -0.2) is 17.6 Å². The third kappa shape index (κ3) is 4.69. The number of aromatic nitrogens is 2. The van der Waals surface area contributed by atoms with E-state index in [0.29, 0.717) is 5.57 Å². The molecule has 4 nitrogen and oxygen atoms in total. The molecule has 0 radical (unpaired) electrons. The van der Waals surface area contributed by atoms with E-state index in [2.05, 4.69) is 11.7 Å². The van der Waals surface area contributed by atoms with E-state index >= 15 is 0 Å². The Morgan fingerprint density at radius 1 is 1.09 bits per heavy atom. The maximum Gasteiger partial charge on any atom is 0.422 e. The van der Waals surface area contributed by atoms with E-state index in [1.165, 1.54) is 6.08 Å². The summed E-state index contributed by atoms with van der Waals surface area (Å²) in [6, 6.07) is 0. The van der Waals surface area contributed by atoms with Gasteiger partial charge in [0, 0.05) is 25.1 Å². The number of carbonyl (C=O) groups excluding carboxylic acids is 1. The van der Waals surface area contributed by atoms with Crippen LogP contribution in [0.1, 0.15) is 35.5 Å². The van der Waals surface area contributed by atoms with Crippen LogP contribution in [-0.2, 0) is 25.7 Å². The minimum absolute atomic E-state index is 0. The molecule has 32 heavy (non-hydrogen) atoms. The molecule has 1 heterocycles. The number of halogens is 7. The number of nitrogens with zero attached hydrogens (tertiary/aromatic N) is 2. The number of benzene rings is 1. The summed E-state index contributed by atoms with van der Waals surface area (Å²) >= 11 is 0. The maximum absolute atomic E-state index is 14.3. The molecular formula is C20H15F7N2O2Zn. The van der Waals surface area contributed by atoms with E-state index in [-0.39, 0.29) is 35.4 Å². The number of rotatable bonds is 5. The standard InChI is InChI=1S/C20H15F7N2O2.Zn/c1-5-8(3)7-10(6-2)18(30)11-9(4)28-29(19(11)31)17-15(23)13(21)12(20(25,26)27)14(22)16(17)24;/h5-7,31H,2H2,1,3-4H3;/b8-5-,10-7+;. The fraction of sp³-hybridized carbons (Fsp3) is 0.200. The maximum atomic E-state index is 14.3. The third-order valence-corrected chi connectivity index (χ3v) is 4.32. The van der Waals surface area contributed by atoms with Gasteiger partial charge in [-0.1, -0.05) is 24.3 Å². The van der Waals surface area contributed by atoms with Crippen molar-refractivity contribution in [3.05, 3.63) is 76.0 Å². The average Bonchev–Trinajstić information content (AvgIpc) is 2.97. The molecule has 0 saturated heterocycles. The summed E-state index contributed by atoms with van der Waals surface area (Å²) in [6.45, 7) is 7.91. The summed E-state index contributed by atoms with van der Waals surface area (Å²) in [6.07, 6.45) is -1.58. The van der Waals surface area contributed by atoms with Crippen LogP contribution in [0.15, 0.2) is 36.0 Å². The molecule has 0 fully saturated rings. The first-order chi connectivity index (χ1) is 14.3. The number of allylic oxidation sites excluding steroid dienone is 5. The quantitative estimate of drug-likeness (QED) is 0.139. The molecule has 0 aliphatic rings. The van der Waals surface area contributed by atoms with Gasteiger partial charge in [0.05, 0.1) is 5.69 Å². The van der Waals surface area contributed by atoms with Gasteiger partial charge in [-0.15, -0.1) is 0 Å². The summed E-state index contributed by atoms with van der Waals surface area (Å²) in [5.74, 6) is -12.5. The Morgan fingerprint density at radius 2 is 1.59 bits per heavy atom. The van der Waals surface area contributed by atoms with E-state index in [1.807, 2.05) is 0 Å². The fourth-order valence-corrected chi connectivity index (χ4v) is 2.68. The molecule has 0 bridgehead atoms. The third-order valence-electron chi connectivity index (χ3n) is 4.32. The first-order valence-corrected chi connectivity index (χ1v) is 8.51. The Kier molecular flexibility index (Phi) is 8.36. The Balaban J connectivity index is 0.00000512. The van der Waals surface area contributed by atoms with Crippen LogP contribution < -0.4 is 0 Å². The van der Waals surface area contributed by atoms with Gasteiger partial charge in [-0.2, -0.15) is 23.0 Å². The van der Waals surface area contributed by atoms with Gasteiger partial charge in [-0.05, 0) is 26.8 Å². The smallest absolute Gasteiger partial charge is 0.422 e. The van der Waals surface area contributed by atoms with Gasteiger partial charge in [-0.3, -0.25) is 4.79 Å². The largest absolute Gasteiger partial charge is 0.493 e. The van der Waals surface area contributed by atoms with Crippen LogP contribution in [0.25, 0.3) is 5.69 Å². The fourth-order valence-electron chi connectivity index (χ4n) is 2.68. The number of hydrogen-bond donors (Lipinski definition) is 1. The second kappa shape index (κ2) is 9.81. The monoisotopic (exact) mass is 512 g/mol. The summed E-state index contributed by atoms with van der Waals surface area (Å²) in [5, 5.41) is 13.8. The Bertz CT molecular complexity index is 1120. The number of carbonyl (C=O) groups is 1. The average molecular weight is 514 g/mol. The molecule has 0 unspecified atom stereocenters. The molecule has 0 amide bonds. The van der Waals surface area contributed by atoms with Crippen LogP contribution >= 0.6 is 0 Å². The summed E-state index contributed by atoms with van der Waals surface area (Å²) in [4.78, 5) is 12.7. The second-order valence-corrected chi connectivity index (χ2v) is 6.34. The van der Waals surface area contributed by atoms with Gasteiger partial charge in [0.15, 0.2) is 29.1 Å². The van der Waals surface area contributed by atoms with E-state index in [0.717, 1.165) is 13.0 Å².